The second-order valence-corrected chi connectivity index (χ2v) is 3.21. The van der Waals surface area contributed by atoms with E-state index in [0.717, 1.165) is 11.1 Å². The average Bonchev–Trinajstić information content (AvgIpc) is 2.29. The first-order valence-electron chi connectivity index (χ1n) is 4.55. The largest absolute Gasteiger partial charge is 0.320 e. The lowest BCUT2D eigenvalue weighted by Crippen LogP contribution is -2.12. The number of rotatable bonds is 2. The fourth-order valence-electron chi connectivity index (χ4n) is 1.38. The maximum Gasteiger partial charge on any atom is 0.123 e. The molecular formula is C11H10FN3. The van der Waals surface area contributed by atoms with Crippen LogP contribution in [0.3, 0.4) is 0 Å². The summed E-state index contributed by atoms with van der Waals surface area (Å²) in [5.41, 5.74) is 7.49. The van der Waals surface area contributed by atoms with Gasteiger partial charge < -0.3 is 5.73 Å². The molecule has 3 nitrogen and oxygen atoms in total. The second-order valence-electron chi connectivity index (χ2n) is 3.21. The smallest absolute Gasteiger partial charge is 0.123 e. The molecule has 1 heterocycles. The van der Waals surface area contributed by atoms with Crippen LogP contribution in [0.4, 0.5) is 4.39 Å². The van der Waals surface area contributed by atoms with Crippen molar-refractivity contribution in [1.29, 1.82) is 0 Å². The molecule has 76 valence electrons. The van der Waals surface area contributed by atoms with Gasteiger partial charge in [-0.2, -0.15) is 10.2 Å². The van der Waals surface area contributed by atoms with Crippen LogP contribution in [0.2, 0.25) is 0 Å². The summed E-state index contributed by atoms with van der Waals surface area (Å²) in [4.78, 5) is 0. The second kappa shape index (κ2) is 4.14. The Morgan fingerprint density at radius 2 is 2.00 bits per heavy atom. The first-order chi connectivity index (χ1) is 7.27. The van der Waals surface area contributed by atoms with Crippen molar-refractivity contribution < 1.29 is 4.39 Å². The molecule has 0 amide bonds. The number of nitrogens with zero attached hydrogens (tertiary/aromatic N) is 2. The van der Waals surface area contributed by atoms with Gasteiger partial charge in [-0.3, -0.25) is 0 Å². The molecular weight excluding hydrogens is 193 g/mol. The molecule has 0 saturated carbocycles. The maximum absolute atomic E-state index is 13.0. The van der Waals surface area contributed by atoms with Crippen LogP contribution in [0.25, 0.3) is 0 Å². The molecule has 2 aromatic rings. The molecule has 0 saturated heterocycles. The fourth-order valence-corrected chi connectivity index (χ4v) is 1.38. The van der Waals surface area contributed by atoms with Gasteiger partial charge in [0.1, 0.15) is 5.82 Å². The normalized spacial score (nSPS) is 12.4. The molecule has 2 N–H and O–H groups in total. The minimum absolute atomic E-state index is 0.287. The molecule has 1 aromatic heterocycles. The van der Waals surface area contributed by atoms with Crippen LogP contribution in [-0.2, 0) is 0 Å². The van der Waals surface area contributed by atoms with Crippen molar-refractivity contribution in [3.05, 3.63) is 59.7 Å². The van der Waals surface area contributed by atoms with Crippen molar-refractivity contribution in [2.24, 2.45) is 5.73 Å². The van der Waals surface area contributed by atoms with E-state index in [1.807, 2.05) is 0 Å². The van der Waals surface area contributed by atoms with E-state index >= 15 is 0 Å². The van der Waals surface area contributed by atoms with Crippen molar-refractivity contribution >= 4 is 0 Å². The number of hydrogen-bond donors (Lipinski definition) is 1. The van der Waals surface area contributed by atoms with Gasteiger partial charge >= 0.3 is 0 Å². The van der Waals surface area contributed by atoms with Gasteiger partial charge in [0.15, 0.2) is 0 Å². The number of aromatic nitrogens is 2. The number of halogens is 1. The number of nitrogens with two attached hydrogens (primary N) is 1. The summed E-state index contributed by atoms with van der Waals surface area (Å²) >= 11 is 0. The minimum atomic E-state index is -0.365. The Morgan fingerprint density at radius 3 is 2.67 bits per heavy atom. The highest BCUT2D eigenvalue weighted by molar-refractivity contribution is 5.28. The van der Waals surface area contributed by atoms with Gasteiger partial charge in [-0.05, 0) is 29.3 Å². The molecule has 15 heavy (non-hydrogen) atoms. The van der Waals surface area contributed by atoms with Crippen LogP contribution in [-0.4, -0.2) is 10.2 Å². The van der Waals surface area contributed by atoms with E-state index in [-0.39, 0.29) is 11.9 Å². The number of hydrogen-bond acceptors (Lipinski definition) is 3. The Bertz CT molecular complexity index is 445. The number of benzene rings is 1. The van der Waals surface area contributed by atoms with Crippen LogP contribution in [0.1, 0.15) is 17.2 Å². The van der Waals surface area contributed by atoms with Crippen LogP contribution >= 0.6 is 0 Å². The van der Waals surface area contributed by atoms with Crippen molar-refractivity contribution in [3.63, 3.8) is 0 Å². The molecule has 1 atom stereocenters. The zero-order chi connectivity index (χ0) is 10.7. The fraction of sp³-hybridized carbons (Fsp3) is 0.0909. The Hall–Kier alpha value is -1.81. The van der Waals surface area contributed by atoms with Crippen LogP contribution in [0.15, 0.2) is 42.7 Å². The van der Waals surface area contributed by atoms with Gasteiger partial charge in [-0.25, -0.2) is 4.39 Å². The van der Waals surface area contributed by atoms with Gasteiger partial charge in [0.25, 0.3) is 0 Å². The molecule has 0 aliphatic carbocycles. The average molecular weight is 203 g/mol. The molecule has 0 spiro atoms. The SMILES string of the molecule is NC(c1ccnnc1)c1cccc(F)c1. The summed E-state index contributed by atoms with van der Waals surface area (Å²) in [6.45, 7) is 0. The van der Waals surface area contributed by atoms with Gasteiger partial charge in [0, 0.05) is 6.20 Å². The minimum Gasteiger partial charge on any atom is -0.320 e. The summed E-state index contributed by atoms with van der Waals surface area (Å²) in [6, 6.07) is 7.64. The third kappa shape index (κ3) is 2.16. The quantitative estimate of drug-likeness (QED) is 0.807. The molecule has 1 aromatic carbocycles. The van der Waals surface area contributed by atoms with Gasteiger partial charge in [-0.1, -0.05) is 12.1 Å². The summed E-state index contributed by atoms with van der Waals surface area (Å²) < 4.78 is 13.0. The van der Waals surface area contributed by atoms with Gasteiger partial charge in [0.2, 0.25) is 0 Å². The lowest BCUT2D eigenvalue weighted by atomic mass is 10.0. The van der Waals surface area contributed by atoms with Crippen LogP contribution in [0, 0.1) is 5.82 Å². The van der Waals surface area contributed by atoms with Gasteiger partial charge in [0.05, 0.1) is 12.2 Å². The van der Waals surface area contributed by atoms with Crippen molar-refractivity contribution in [1.82, 2.24) is 10.2 Å². The molecule has 4 heteroatoms. The summed E-state index contributed by atoms with van der Waals surface area (Å²) in [5.74, 6) is -0.287. The Labute approximate surface area is 86.8 Å². The lowest BCUT2D eigenvalue weighted by molar-refractivity contribution is 0.623. The zero-order valence-electron chi connectivity index (χ0n) is 7.97. The summed E-state index contributed by atoms with van der Waals surface area (Å²) in [5, 5.41) is 7.39. The van der Waals surface area contributed by atoms with E-state index in [0.29, 0.717) is 0 Å². The van der Waals surface area contributed by atoms with Crippen molar-refractivity contribution in [3.8, 4) is 0 Å². The maximum atomic E-state index is 13.0. The van der Waals surface area contributed by atoms with Crippen LogP contribution in [0.5, 0.6) is 0 Å². The first-order valence-corrected chi connectivity index (χ1v) is 4.55. The van der Waals surface area contributed by atoms with E-state index in [1.165, 1.54) is 12.1 Å². The third-order valence-electron chi connectivity index (χ3n) is 2.17. The third-order valence-corrected chi connectivity index (χ3v) is 2.17. The monoisotopic (exact) mass is 203 g/mol. The Kier molecular flexibility index (Phi) is 2.69. The first kappa shape index (κ1) is 9.73. The molecule has 0 radical (unpaired) electrons. The molecule has 2 rings (SSSR count). The molecule has 0 bridgehead atoms. The topological polar surface area (TPSA) is 51.8 Å². The lowest BCUT2D eigenvalue weighted by Gasteiger charge is -2.11. The Balaban J connectivity index is 2.32. The zero-order valence-corrected chi connectivity index (χ0v) is 7.97. The molecule has 0 fully saturated rings. The van der Waals surface area contributed by atoms with E-state index in [1.54, 1.807) is 30.6 Å². The molecule has 0 aliphatic heterocycles. The van der Waals surface area contributed by atoms with Crippen molar-refractivity contribution in [2.45, 2.75) is 6.04 Å². The Morgan fingerprint density at radius 1 is 1.13 bits per heavy atom. The van der Waals surface area contributed by atoms with E-state index < -0.39 is 0 Å². The van der Waals surface area contributed by atoms with E-state index in [2.05, 4.69) is 10.2 Å². The molecule has 1 unspecified atom stereocenters. The van der Waals surface area contributed by atoms with E-state index in [9.17, 15) is 4.39 Å². The summed E-state index contributed by atoms with van der Waals surface area (Å²) in [6.07, 6.45) is 3.14. The van der Waals surface area contributed by atoms with Crippen molar-refractivity contribution in [2.75, 3.05) is 0 Å². The highest BCUT2D eigenvalue weighted by Crippen LogP contribution is 2.18. The highest BCUT2D eigenvalue weighted by atomic mass is 19.1. The predicted molar refractivity (Wildman–Crippen MR) is 54.5 cm³/mol. The molecule has 0 aliphatic rings. The van der Waals surface area contributed by atoms with Gasteiger partial charge in [-0.15, -0.1) is 0 Å². The van der Waals surface area contributed by atoms with Crippen LogP contribution < -0.4 is 5.73 Å². The predicted octanol–water partition coefficient (Wildman–Crippen LogP) is 1.66. The summed E-state index contributed by atoms with van der Waals surface area (Å²) in [7, 11) is 0. The highest BCUT2D eigenvalue weighted by Gasteiger charge is 2.09. The standard InChI is InChI=1S/C11H10FN3/c12-10-3-1-2-8(6-10)11(13)9-4-5-14-15-7-9/h1-7,11H,13H2. The van der Waals surface area contributed by atoms with E-state index in [4.69, 9.17) is 5.73 Å².